The lowest BCUT2D eigenvalue weighted by Crippen LogP contribution is -2.21. The fraction of sp³-hybridized carbons (Fsp3) is 0.333. The van der Waals surface area contributed by atoms with Crippen LogP contribution >= 0.6 is 0 Å². The van der Waals surface area contributed by atoms with Crippen LogP contribution in [-0.4, -0.2) is 33.0 Å². The third-order valence-corrected chi connectivity index (χ3v) is 2.00. The molecule has 6 heteroatoms. The van der Waals surface area contributed by atoms with E-state index in [1.807, 2.05) is 0 Å². The predicted octanol–water partition coefficient (Wildman–Crippen LogP) is -0.0186. The van der Waals surface area contributed by atoms with Crippen molar-refractivity contribution in [3.63, 3.8) is 0 Å². The summed E-state index contributed by atoms with van der Waals surface area (Å²) in [6.07, 6.45) is -2.53. The summed E-state index contributed by atoms with van der Waals surface area (Å²) in [5.41, 5.74) is 0.228. The van der Waals surface area contributed by atoms with E-state index in [1.54, 1.807) is 0 Å². The first kappa shape index (κ1) is 11.6. The standard InChI is InChI=1S/C9H11NO5/c11-5-8(12)9(13)6-1-3-7(4-2-6)10(14)15/h1-4,8-9,11-13H,5H2/t8-,9-/m0/s1. The van der Waals surface area contributed by atoms with Gasteiger partial charge < -0.3 is 15.3 Å². The molecule has 0 aromatic heterocycles. The van der Waals surface area contributed by atoms with E-state index in [0.29, 0.717) is 5.56 Å². The molecule has 0 aliphatic carbocycles. The number of aliphatic hydroxyl groups is 3. The maximum atomic E-state index is 10.3. The SMILES string of the molecule is O=[N+]([O-])c1ccc([C@H](O)[C@@H](O)CO)cc1. The summed E-state index contributed by atoms with van der Waals surface area (Å²) >= 11 is 0. The molecule has 0 bridgehead atoms. The van der Waals surface area contributed by atoms with Crippen LogP contribution in [0.2, 0.25) is 0 Å². The molecule has 2 atom stereocenters. The quantitative estimate of drug-likeness (QED) is 0.481. The Morgan fingerprint density at radius 3 is 2.20 bits per heavy atom. The molecule has 0 spiro atoms. The number of hydrogen-bond acceptors (Lipinski definition) is 5. The molecule has 0 heterocycles. The van der Waals surface area contributed by atoms with E-state index in [2.05, 4.69) is 0 Å². The van der Waals surface area contributed by atoms with Gasteiger partial charge in [-0.15, -0.1) is 0 Å². The second-order valence-electron chi connectivity index (χ2n) is 3.04. The fourth-order valence-electron chi connectivity index (χ4n) is 1.12. The summed E-state index contributed by atoms with van der Waals surface area (Å²) in [6, 6.07) is 5.12. The van der Waals surface area contributed by atoms with Crippen LogP contribution in [0, 0.1) is 10.1 Å². The second-order valence-corrected chi connectivity index (χ2v) is 3.04. The highest BCUT2D eigenvalue weighted by molar-refractivity contribution is 5.34. The minimum Gasteiger partial charge on any atom is -0.394 e. The lowest BCUT2D eigenvalue weighted by molar-refractivity contribution is -0.384. The Morgan fingerprint density at radius 1 is 1.27 bits per heavy atom. The first-order valence-corrected chi connectivity index (χ1v) is 4.27. The molecule has 0 unspecified atom stereocenters. The van der Waals surface area contributed by atoms with Crippen LogP contribution < -0.4 is 0 Å². The van der Waals surface area contributed by atoms with E-state index in [9.17, 15) is 15.2 Å². The molecule has 1 rings (SSSR count). The van der Waals surface area contributed by atoms with Gasteiger partial charge in [-0.2, -0.15) is 0 Å². The summed E-state index contributed by atoms with van der Waals surface area (Å²) in [5, 5.41) is 37.5. The molecule has 3 N–H and O–H groups in total. The molecule has 0 amide bonds. The average Bonchev–Trinajstić information content (AvgIpc) is 2.27. The van der Waals surface area contributed by atoms with Crippen LogP contribution in [0.1, 0.15) is 11.7 Å². The Kier molecular flexibility index (Phi) is 3.73. The maximum absolute atomic E-state index is 10.3. The van der Waals surface area contributed by atoms with Crippen molar-refractivity contribution in [2.24, 2.45) is 0 Å². The molecule has 1 aromatic carbocycles. The van der Waals surface area contributed by atoms with Gasteiger partial charge in [-0.3, -0.25) is 10.1 Å². The first-order chi connectivity index (χ1) is 7.06. The first-order valence-electron chi connectivity index (χ1n) is 4.27. The zero-order valence-electron chi connectivity index (χ0n) is 7.78. The molecule has 0 aliphatic heterocycles. The van der Waals surface area contributed by atoms with E-state index in [0.717, 1.165) is 0 Å². The molecule has 0 aliphatic rings. The molecular weight excluding hydrogens is 202 g/mol. The van der Waals surface area contributed by atoms with Crippen molar-refractivity contribution < 1.29 is 20.2 Å². The average molecular weight is 213 g/mol. The van der Waals surface area contributed by atoms with E-state index in [4.69, 9.17) is 10.2 Å². The van der Waals surface area contributed by atoms with Gasteiger partial charge in [0.2, 0.25) is 0 Å². The van der Waals surface area contributed by atoms with Gasteiger partial charge in [-0.25, -0.2) is 0 Å². The minimum absolute atomic E-state index is 0.0931. The van der Waals surface area contributed by atoms with Crippen molar-refractivity contribution in [1.29, 1.82) is 0 Å². The molecule has 0 fully saturated rings. The van der Waals surface area contributed by atoms with Crippen LogP contribution in [-0.2, 0) is 0 Å². The van der Waals surface area contributed by atoms with Gasteiger partial charge in [0, 0.05) is 12.1 Å². The number of rotatable bonds is 4. The van der Waals surface area contributed by atoms with Crippen molar-refractivity contribution in [1.82, 2.24) is 0 Å². The topological polar surface area (TPSA) is 104 Å². The summed E-state index contributed by atoms with van der Waals surface area (Å²) < 4.78 is 0. The van der Waals surface area contributed by atoms with Crippen molar-refractivity contribution in [2.45, 2.75) is 12.2 Å². The van der Waals surface area contributed by atoms with E-state index in [1.165, 1.54) is 24.3 Å². The zero-order chi connectivity index (χ0) is 11.4. The Labute approximate surface area is 85.6 Å². The number of non-ortho nitro benzene ring substituents is 1. The number of hydrogen-bond donors (Lipinski definition) is 3. The van der Waals surface area contributed by atoms with Crippen LogP contribution in [0.4, 0.5) is 5.69 Å². The van der Waals surface area contributed by atoms with E-state index in [-0.39, 0.29) is 5.69 Å². The number of benzene rings is 1. The summed E-state index contributed by atoms with van der Waals surface area (Å²) in [7, 11) is 0. The van der Waals surface area contributed by atoms with Gasteiger partial charge in [0.15, 0.2) is 0 Å². The molecule has 15 heavy (non-hydrogen) atoms. The van der Waals surface area contributed by atoms with Gasteiger partial charge in [0.25, 0.3) is 5.69 Å². The summed E-state index contributed by atoms with van der Waals surface area (Å²) in [6.45, 7) is -0.571. The number of nitro groups is 1. The van der Waals surface area contributed by atoms with Gasteiger partial charge in [-0.05, 0) is 17.7 Å². The molecule has 6 nitrogen and oxygen atoms in total. The van der Waals surface area contributed by atoms with E-state index < -0.39 is 23.7 Å². The highest BCUT2D eigenvalue weighted by Gasteiger charge is 2.17. The predicted molar refractivity (Wildman–Crippen MR) is 51.1 cm³/mol. The monoisotopic (exact) mass is 213 g/mol. The Hall–Kier alpha value is -1.50. The van der Waals surface area contributed by atoms with Crippen LogP contribution in [0.15, 0.2) is 24.3 Å². The lowest BCUT2D eigenvalue weighted by atomic mass is 10.0. The van der Waals surface area contributed by atoms with Gasteiger partial charge in [0.05, 0.1) is 11.5 Å². The highest BCUT2D eigenvalue weighted by atomic mass is 16.6. The molecule has 0 saturated heterocycles. The fourth-order valence-corrected chi connectivity index (χ4v) is 1.12. The third kappa shape index (κ3) is 2.72. The van der Waals surface area contributed by atoms with Gasteiger partial charge in [-0.1, -0.05) is 0 Å². The van der Waals surface area contributed by atoms with Crippen molar-refractivity contribution >= 4 is 5.69 Å². The molecule has 0 radical (unpaired) electrons. The second kappa shape index (κ2) is 4.83. The molecule has 1 aromatic rings. The zero-order valence-corrected chi connectivity index (χ0v) is 7.78. The van der Waals surface area contributed by atoms with Crippen molar-refractivity contribution in [2.75, 3.05) is 6.61 Å². The number of nitrogens with zero attached hydrogens (tertiary/aromatic N) is 1. The number of nitro benzene ring substituents is 1. The number of aliphatic hydroxyl groups excluding tert-OH is 3. The Morgan fingerprint density at radius 2 is 1.80 bits per heavy atom. The van der Waals surface area contributed by atoms with Crippen molar-refractivity contribution in [3.05, 3.63) is 39.9 Å². The van der Waals surface area contributed by atoms with Crippen LogP contribution in [0.3, 0.4) is 0 Å². The Bertz CT molecular complexity index is 337. The van der Waals surface area contributed by atoms with Crippen LogP contribution in [0.5, 0.6) is 0 Å². The van der Waals surface area contributed by atoms with Crippen molar-refractivity contribution in [3.8, 4) is 0 Å². The maximum Gasteiger partial charge on any atom is 0.269 e. The lowest BCUT2D eigenvalue weighted by Gasteiger charge is -2.15. The minimum atomic E-state index is -1.29. The molecule has 0 saturated carbocycles. The molecular formula is C9H11NO5. The Balaban J connectivity index is 2.84. The normalized spacial score (nSPS) is 14.6. The highest BCUT2D eigenvalue weighted by Crippen LogP contribution is 2.19. The smallest absolute Gasteiger partial charge is 0.269 e. The van der Waals surface area contributed by atoms with Gasteiger partial charge >= 0.3 is 0 Å². The van der Waals surface area contributed by atoms with Crippen LogP contribution in [0.25, 0.3) is 0 Å². The third-order valence-electron chi connectivity index (χ3n) is 2.00. The van der Waals surface area contributed by atoms with Gasteiger partial charge in [0.1, 0.15) is 12.2 Å². The largest absolute Gasteiger partial charge is 0.394 e. The summed E-state index contributed by atoms with van der Waals surface area (Å²) in [5.74, 6) is 0. The molecule has 82 valence electrons. The van der Waals surface area contributed by atoms with E-state index >= 15 is 0 Å². The summed E-state index contributed by atoms with van der Waals surface area (Å²) in [4.78, 5) is 9.77.